The van der Waals surface area contributed by atoms with Crippen LogP contribution in [0.3, 0.4) is 0 Å². The molecular formula is C10H9BrN2O3. The molecule has 0 bridgehead atoms. The van der Waals surface area contributed by atoms with Gasteiger partial charge in [-0.25, -0.2) is 0 Å². The third-order valence-corrected chi connectivity index (χ3v) is 2.78. The van der Waals surface area contributed by atoms with Crippen molar-refractivity contribution in [2.45, 2.75) is 6.54 Å². The maximum atomic E-state index is 11.9. The highest BCUT2D eigenvalue weighted by atomic mass is 79.9. The van der Waals surface area contributed by atoms with E-state index in [-0.39, 0.29) is 12.5 Å². The topological polar surface area (TPSA) is 59.5 Å². The molecule has 0 saturated heterocycles. The van der Waals surface area contributed by atoms with Crippen LogP contribution in [0.1, 0.15) is 16.1 Å². The summed E-state index contributed by atoms with van der Waals surface area (Å²) < 4.78 is 5.27. The Kier molecular flexibility index (Phi) is 2.91. The average molecular weight is 285 g/mol. The summed E-state index contributed by atoms with van der Waals surface area (Å²) in [7, 11) is 1.30. The van der Waals surface area contributed by atoms with Gasteiger partial charge in [0.1, 0.15) is 6.54 Å². The standard InChI is InChI=1S/C10H9BrN2O3/c1-16-9(14)5-13-4-8-7(10(13)15)2-6(11)3-12-8/h2-3H,4-5H2,1H3. The number of hydrogen-bond acceptors (Lipinski definition) is 4. The summed E-state index contributed by atoms with van der Waals surface area (Å²) >= 11 is 3.25. The predicted molar refractivity (Wildman–Crippen MR) is 58.7 cm³/mol. The summed E-state index contributed by atoms with van der Waals surface area (Å²) in [4.78, 5) is 28.5. The molecule has 0 fully saturated rings. The molecule has 0 saturated carbocycles. The second kappa shape index (κ2) is 4.21. The van der Waals surface area contributed by atoms with Crippen LogP contribution in [-0.2, 0) is 16.1 Å². The fraction of sp³-hybridized carbons (Fsp3) is 0.300. The Morgan fingerprint density at radius 2 is 2.44 bits per heavy atom. The van der Waals surface area contributed by atoms with E-state index in [1.165, 1.54) is 12.0 Å². The molecule has 5 nitrogen and oxygen atoms in total. The maximum Gasteiger partial charge on any atom is 0.325 e. The van der Waals surface area contributed by atoms with Crippen molar-refractivity contribution >= 4 is 27.8 Å². The molecular weight excluding hydrogens is 276 g/mol. The molecule has 1 aliphatic heterocycles. The highest BCUT2D eigenvalue weighted by Gasteiger charge is 2.30. The number of esters is 1. The molecule has 16 heavy (non-hydrogen) atoms. The number of hydrogen-bond donors (Lipinski definition) is 0. The van der Waals surface area contributed by atoms with Gasteiger partial charge in [-0.1, -0.05) is 0 Å². The number of nitrogens with zero attached hydrogens (tertiary/aromatic N) is 2. The van der Waals surface area contributed by atoms with Gasteiger partial charge in [-0.2, -0.15) is 0 Å². The van der Waals surface area contributed by atoms with E-state index in [0.717, 1.165) is 4.47 Å². The van der Waals surface area contributed by atoms with Gasteiger partial charge in [0.05, 0.1) is 24.9 Å². The number of rotatable bonds is 2. The zero-order valence-corrected chi connectivity index (χ0v) is 10.2. The number of amides is 1. The third kappa shape index (κ3) is 1.92. The van der Waals surface area contributed by atoms with Gasteiger partial charge < -0.3 is 9.64 Å². The van der Waals surface area contributed by atoms with E-state index in [9.17, 15) is 9.59 Å². The smallest absolute Gasteiger partial charge is 0.325 e. The van der Waals surface area contributed by atoms with E-state index in [0.29, 0.717) is 17.8 Å². The normalized spacial score (nSPS) is 13.9. The zero-order valence-electron chi connectivity index (χ0n) is 8.57. The van der Waals surface area contributed by atoms with Crippen molar-refractivity contribution in [2.24, 2.45) is 0 Å². The summed E-state index contributed by atoms with van der Waals surface area (Å²) in [5.74, 6) is -0.616. The first-order valence-electron chi connectivity index (χ1n) is 4.62. The zero-order chi connectivity index (χ0) is 11.7. The number of ether oxygens (including phenoxy) is 1. The van der Waals surface area contributed by atoms with Crippen LogP contribution < -0.4 is 0 Å². The molecule has 84 valence electrons. The Labute approximate surface area is 101 Å². The van der Waals surface area contributed by atoms with Gasteiger partial charge in [0.25, 0.3) is 5.91 Å². The molecule has 0 aliphatic carbocycles. The van der Waals surface area contributed by atoms with Gasteiger partial charge in [0.2, 0.25) is 0 Å². The van der Waals surface area contributed by atoms with Crippen LogP contribution in [0.4, 0.5) is 0 Å². The first kappa shape index (κ1) is 11.1. The fourth-order valence-corrected chi connectivity index (χ4v) is 1.88. The van der Waals surface area contributed by atoms with Gasteiger partial charge in [-0.3, -0.25) is 14.6 Å². The number of pyridine rings is 1. The highest BCUT2D eigenvalue weighted by molar-refractivity contribution is 9.10. The minimum Gasteiger partial charge on any atom is -0.468 e. The lowest BCUT2D eigenvalue weighted by Gasteiger charge is -2.12. The Bertz CT molecular complexity index is 461. The first-order chi connectivity index (χ1) is 7.61. The molecule has 0 atom stereocenters. The number of halogens is 1. The molecule has 2 heterocycles. The maximum absolute atomic E-state index is 11.9. The molecule has 1 aliphatic rings. The number of methoxy groups -OCH3 is 1. The van der Waals surface area contributed by atoms with Crippen LogP contribution in [0.2, 0.25) is 0 Å². The van der Waals surface area contributed by atoms with Crippen LogP contribution in [0, 0.1) is 0 Å². The molecule has 6 heteroatoms. The lowest BCUT2D eigenvalue weighted by molar-refractivity contribution is -0.141. The van der Waals surface area contributed by atoms with E-state index in [1.54, 1.807) is 12.3 Å². The van der Waals surface area contributed by atoms with Crippen molar-refractivity contribution in [2.75, 3.05) is 13.7 Å². The summed E-state index contributed by atoms with van der Waals surface area (Å²) in [6, 6.07) is 1.71. The molecule has 0 aromatic carbocycles. The van der Waals surface area contributed by atoms with Crippen LogP contribution in [-0.4, -0.2) is 35.4 Å². The number of carbonyl (C=O) groups is 2. The van der Waals surface area contributed by atoms with E-state index in [2.05, 4.69) is 25.7 Å². The first-order valence-corrected chi connectivity index (χ1v) is 5.41. The highest BCUT2D eigenvalue weighted by Crippen LogP contribution is 2.23. The van der Waals surface area contributed by atoms with E-state index >= 15 is 0 Å². The van der Waals surface area contributed by atoms with Crippen LogP contribution in [0.5, 0.6) is 0 Å². The molecule has 0 N–H and O–H groups in total. The summed E-state index contributed by atoms with van der Waals surface area (Å²) in [6.45, 7) is 0.319. The van der Waals surface area contributed by atoms with Crippen LogP contribution in [0.25, 0.3) is 0 Å². The molecule has 1 amide bonds. The molecule has 0 radical (unpaired) electrons. The quantitative estimate of drug-likeness (QED) is 0.760. The lowest BCUT2D eigenvalue weighted by atomic mass is 10.2. The lowest BCUT2D eigenvalue weighted by Crippen LogP contribution is -2.30. The average Bonchev–Trinajstić information content (AvgIpc) is 2.56. The molecule has 1 aromatic rings. The van der Waals surface area contributed by atoms with Gasteiger partial charge in [0.15, 0.2) is 0 Å². The van der Waals surface area contributed by atoms with Gasteiger partial charge >= 0.3 is 5.97 Å². The predicted octanol–water partition coefficient (Wildman–Crippen LogP) is 0.973. The minimum atomic E-state index is -0.430. The fourth-order valence-electron chi connectivity index (χ4n) is 1.55. The monoisotopic (exact) mass is 284 g/mol. The van der Waals surface area contributed by atoms with Crippen molar-refractivity contribution in [3.63, 3.8) is 0 Å². The second-order valence-electron chi connectivity index (χ2n) is 3.39. The van der Waals surface area contributed by atoms with Crippen molar-refractivity contribution < 1.29 is 14.3 Å². The number of fused-ring (bicyclic) bond motifs is 1. The van der Waals surface area contributed by atoms with Gasteiger partial charge in [-0.15, -0.1) is 0 Å². The number of carbonyl (C=O) groups excluding carboxylic acids is 2. The van der Waals surface area contributed by atoms with Crippen molar-refractivity contribution in [3.05, 3.63) is 28.0 Å². The van der Waals surface area contributed by atoms with Crippen molar-refractivity contribution in [3.8, 4) is 0 Å². The molecule has 2 rings (SSSR count). The third-order valence-electron chi connectivity index (χ3n) is 2.34. The minimum absolute atomic E-state index is 0.0384. The number of aromatic nitrogens is 1. The largest absolute Gasteiger partial charge is 0.468 e. The molecule has 1 aromatic heterocycles. The van der Waals surface area contributed by atoms with E-state index in [4.69, 9.17) is 0 Å². The van der Waals surface area contributed by atoms with Crippen LogP contribution in [0.15, 0.2) is 16.7 Å². The van der Waals surface area contributed by atoms with E-state index in [1.807, 2.05) is 0 Å². The second-order valence-corrected chi connectivity index (χ2v) is 4.30. The Hall–Kier alpha value is -1.43. The van der Waals surface area contributed by atoms with Gasteiger partial charge in [-0.05, 0) is 22.0 Å². The summed E-state index contributed by atoms with van der Waals surface area (Å²) in [5.41, 5.74) is 1.23. The molecule has 0 unspecified atom stereocenters. The Balaban J connectivity index is 2.21. The Morgan fingerprint density at radius 1 is 1.69 bits per heavy atom. The van der Waals surface area contributed by atoms with Crippen molar-refractivity contribution in [1.29, 1.82) is 0 Å². The summed E-state index contributed by atoms with van der Waals surface area (Å²) in [5, 5.41) is 0. The van der Waals surface area contributed by atoms with Gasteiger partial charge in [0, 0.05) is 10.7 Å². The van der Waals surface area contributed by atoms with Crippen LogP contribution >= 0.6 is 15.9 Å². The SMILES string of the molecule is COC(=O)CN1Cc2ncc(Br)cc2C1=O. The molecule has 0 spiro atoms. The van der Waals surface area contributed by atoms with Crippen molar-refractivity contribution in [1.82, 2.24) is 9.88 Å². The summed E-state index contributed by atoms with van der Waals surface area (Å²) in [6.07, 6.45) is 1.63. The van der Waals surface area contributed by atoms with E-state index < -0.39 is 5.97 Å². The Morgan fingerprint density at radius 3 is 3.12 bits per heavy atom.